The van der Waals surface area contributed by atoms with Crippen molar-refractivity contribution < 1.29 is 8.78 Å². The van der Waals surface area contributed by atoms with Crippen LogP contribution in [0.3, 0.4) is 0 Å². The number of rotatable bonds is 1. The number of benzene rings is 1. The summed E-state index contributed by atoms with van der Waals surface area (Å²) < 4.78 is 26.2. The SMILES string of the molecule is Cc1nc(=S)cc(-c2ccc(F)c(F)c2)[nH]1. The number of H-pyrrole nitrogens is 1. The molecule has 2 aromatic rings. The third kappa shape index (κ3) is 2.14. The van der Waals surface area contributed by atoms with E-state index in [2.05, 4.69) is 9.97 Å². The zero-order valence-corrected chi connectivity index (χ0v) is 9.24. The maximum Gasteiger partial charge on any atom is 0.159 e. The molecule has 0 aliphatic carbocycles. The molecular formula is C11H8F2N2S. The summed E-state index contributed by atoms with van der Waals surface area (Å²) in [6.07, 6.45) is 0. The number of hydrogen-bond acceptors (Lipinski definition) is 2. The lowest BCUT2D eigenvalue weighted by Crippen LogP contribution is -1.92. The lowest BCUT2D eigenvalue weighted by atomic mass is 10.1. The summed E-state index contributed by atoms with van der Waals surface area (Å²) in [5.41, 5.74) is 1.16. The highest BCUT2D eigenvalue weighted by molar-refractivity contribution is 7.71. The molecule has 0 bridgehead atoms. The van der Waals surface area contributed by atoms with Gasteiger partial charge in [-0.15, -0.1) is 0 Å². The molecule has 16 heavy (non-hydrogen) atoms. The molecule has 1 heterocycles. The van der Waals surface area contributed by atoms with E-state index in [0.29, 0.717) is 21.7 Å². The van der Waals surface area contributed by atoms with Gasteiger partial charge >= 0.3 is 0 Å². The van der Waals surface area contributed by atoms with E-state index < -0.39 is 11.6 Å². The fourth-order valence-corrected chi connectivity index (χ4v) is 1.65. The van der Waals surface area contributed by atoms with Gasteiger partial charge in [0.15, 0.2) is 11.6 Å². The van der Waals surface area contributed by atoms with Crippen LogP contribution in [0.25, 0.3) is 11.3 Å². The Morgan fingerprint density at radius 2 is 1.94 bits per heavy atom. The van der Waals surface area contributed by atoms with Crippen LogP contribution >= 0.6 is 12.2 Å². The normalized spacial score (nSPS) is 10.4. The number of halogens is 2. The fourth-order valence-electron chi connectivity index (χ4n) is 1.40. The van der Waals surface area contributed by atoms with Crippen LogP contribution in [-0.4, -0.2) is 9.97 Å². The van der Waals surface area contributed by atoms with E-state index in [1.165, 1.54) is 6.07 Å². The molecule has 5 heteroatoms. The molecule has 0 saturated carbocycles. The van der Waals surface area contributed by atoms with Gasteiger partial charge in [-0.1, -0.05) is 12.2 Å². The van der Waals surface area contributed by atoms with E-state index in [1.54, 1.807) is 13.0 Å². The maximum absolute atomic E-state index is 13.0. The predicted octanol–water partition coefficient (Wildman–Crippen LogP) is 3.39. The average Bonchev–Trinajstić information content (AvgIpc) is 2.20. The van der Waals surface area contributed by atoms with Gasteiger partial charge in [0.05, 0.1) is 0 Å². The molecule has 0 spiro atoms. The number of aryl methyl sites for hydroxylation is 1. The largest absolute Gasteiger partial charge is 0.343 e. The van der Waals surface area contributed by atoms with Crippen molar-refractivity contribution >= 4 is 12.2 Å². The first-order chi connectivity index (χ1) is 7.56. The Labute approximate surface area is 96.0 Å². The van der Waals surface area contributed by atoms with Crippen LogP contribution in [0.4, 0.5) is 8.78 Å². The van der Waals surface area contributed by atoms with Gasteiger partial charge in [0.2, 0.25) is 0 Å². The summed E-state index contributed by atoms with van der Waals surface area (Å²) >= 11 is 4.95. The van der Waals surface area contributed by atoms with E-state index >= 15 is 0 Å². The molecule has 1 aromatic carbocycles. The van der Waals surface area contributed by atoms with Crippen molar-refractivity contribution in [1.82, 2.24) is 9.97 Å². The van der Waals surface area contributed by atoms with Gasteiger partial charge in [-0.05, 0) is 31.2 Å². The van der Waals surface area contributed by atoms with Gasteiger partial charge in [-0.25, -0.2) is 13.8 Å². The van der Waals surface area contributed by atoms with Crippen LogP contribution < -0.4 is 0 Å². The van der Waals surface area contributed by atoms with Gasteiger partial charge in [-0.2, -0.15) is 0 Å². The molecule has 2 rings (SSSR count). The van der Waals surface area contributed by atoms with Crippen LogP contribution in [0.5, 0.6) is 0 Å². The Balaban J connectivity index is 2.58. The highest BCUT2D eigenvalue weighted by Crippen LogP contribution is 2.19. The van der Waals surface area contributed by atoms with E-state index in [-0.39, 0.29) is 0 Å². The lowest BCUT2D eigenvalue weighted by molar-refractivity contribution is 0.509. The number of nitrogens with one attached hydrogen (secondary N) is 1. The van der Waals surface area contributed by atoms with Gasteiger partial charge in [0, 0.05) is 11.3 Å². The first kappa shape index (κ1) is 10.9. The summed E-state index contributed by atoms with van der Waals surface area (Å²) in [4.78, 5) is 6.94. The molecule has 0 radical (unpaired) electrons. The number of hydrogen-bond donors (Lipinski definition) is 1. The fraction of sp³-hybridized carbons (Fsp3) is 0.0909. The maximum atomic E-state index is 13.0. The Hall–Kier alpha value is -1.62. The van der Waals surface area contributed by atoms with Crippen molar-refractivity contribution in [1.29, 1.82) is 0 Å². The molecule has 0 aliphatic heterocycles. The Morgan fingerprint density at radius 3 is 2.56 bits per heavy atom. The number of aromatic amines is 1. The van der Waals surface area contributed by atoms with Crippen LogP contribution in [0.1, 0.15) is 5.82 Å². The highest BCUT2D eigenvalue weighted by atomic mass is 32.1. The van der Waals surface area contributed by atoms with E-state index in [4.69, 9.17) is 12.2 Å². The Morgan fingerprint density at radius 1 is 1.19 bits per heavy atom. The number of aromatic nitrogens is 2. The van der Waals surface area contributed by atoms with E-state index in [9.17, 15) is 8.78 Å². The molecule has 2 nitrogen and oxygen atoms in total. The molecule has 1 aromatic heterocycles. The van der Waals surface area contributed by atoms with Gasteiger partial charge in [0.25, 0.3) is 0 Å². The van der Waals surface area contributed by atoms with Crippen LogP contribution in [-0.2, 0) is 0 Å². The summed E-state index contributed by atoms with van der Waals surface area (Å²) in [7, 11) is 0. The second-order valence-corrected chi connectivity index (χ2v) is 3.77. The zero-order chi connectivity index (χ0) is 11.7. The minimum Gasteiger partial charge on any atom is -0.343 e. The summed E-state index contributed by atoms with van der Waals surface area (Å²) in [6, 6.07) is 5.29. The molecule has 0 aliphatic rings. The third-order valence-corrected chi connectivity index (χ3v) is 2.30. The van der Waals surface area contributed by atoms with Crippen LogP contribution in [0.2, 0.25) is 0 Å². The quantitative estimate of drug-likeness (QED) is 0.771. The monoisotopic (exact) mass is 238 g/mol. The van der Waals surface area contributed by atoms with Crippen molar-refractivity contribution in [3.05, 3.63) is 46.4 Å². The van der Waals surface area contributed by atoms with Crippen molar-refractivity contribution in [2.45, 2.75) is 6.92 Å². The first-order valence-electron chi connectivity index (χ1n) is 4.59. The molecule has 0 fully saturated rings. The first-order valence-corrected chi connectivity index (χ1v) is 5.00. The minimum atomic E-state index is -0.883. The summed E-state index contributed by atoms with van der Waals surface area (Å²) in [6.45, 7) is 1.75. The molecular weight excluding hydrogens is 230 g/mol. The summed E-state index contributed by atoms with van der Waals surface area (Å²) in [5.74, 6) is -1.12. The lowest BCUT2D eigenvalue weighted by Gasteiger charge is -2.03. The van der Waals surface area contributed by atoms with Crippen LogP contribution in [0.15, 0.2) is 24.3 Å². The topological polar surface area (TPSA) is 28.7 Å². The van der Waals surface area contributed by atoms with Crippen molar-refractivity contribution in [2.24, 2.45) is 0 Å². The smallest absolute Gasteiger partial charge is 0.159 e. The molecule has 0 atom stereocenters. The average molecular weight is 238 g/mol. The van der Waals surface area contributed by atoms with Crippen LogP contribution in [0, 0.1) is 23.2 Å². The van der Waals surface area contributed by atoms with Gasteiger partial charge < -0.3 is 4.98 Å². The summed E-state index contributed by atoms with van der Waals surface area (Å²) in [5, 5.41) is 0. The minimum absolute atomic E-state index is 0.413. The third-order valence-electron chi connectivity index (χ3n) is 2.09. The van der Waals surface area contributed by atoms with E-state index in [0.717, 1.165) is 12.1 Å². The second-order valence-electron chi connectivity index (χ2n) is 3.35. The van der Waals surface area contributed by atoms with E-state index in [1.807, 2.05) is 0 Å². The van der Waals surface area contributed by atoms with Gasteiger partial charge in [0.1, 0.15) is 10.5 Å². The molecule has 0 amide bonds. The molecule has 0 unspecified atom stereocenters. The molecule has 1 N–H and O–H groups in total. The van der Waals surface area contributed by atoms with Crippen molar-refractivity contribution in [3.8, 4) is 11.3 Å². The molecule has 0 saturated heterocycles. The second kappa shape index (κ2) is 4.09. The van der Waals surface area contributed by atoms with Gasteiger partial charge in [-0.3, -0.25) is 0 Å². The predicted molar refractivity (Wildman–Crippen MR) is 59.5 cm³/mol. The number of nitrogens with zero attached hydrogens (tertiary/aromatic N) is 1. The standard InChI is InChI=1S/C11H8F2N2S/c1-6-14-10(5-11(16)15-6)7-2-3-8(12)9(13)4-7/h2-5H,1H3,(H,14,15,16). The van der Waals surface area contributed by atoms with Crippen molar-refractivity contribution in [3.63, 3.8) is 0 Å². The Bertz CT molecular complexity index is 593. The van der Waals surface area contributed by atoms with Crippen molar-refractivity contribution in [2.75, 3.05) is 0 Å². The molecule has 82 valence electrons. The Kier molecular flexibility index (Phi) is 2.78. The highest BCUT2D eigenvalue weighted by Gasteiger charge is 2.05. The zero-order valence-electron chi connectivity index (χ0n) is 8.42.